The van der Waals surface area contributed by atoms with Gasteiger partial charge in [-0.3, -0.25) is 9.59 Å². The Bertz CT molecular complexity index is 1080. The number of hydrogen-bond donors (Lipinski definition) is 1. The van der Waals surface area contributed by atoms with Gasteiger partial charge in [-0.1, -0.05) is 82.1 Å². The van der Waals surface area contributed by atoms with Crippen LogP contribution in [-0.2, 0) is 28.3 Å². The molecule has 4 nitrogen and oxygen atoms in total. The molecule has 0 fully saturated rings. The van der Waals surface area contributed by atoms with Crippen LogP contribution < -0.4 is 5.32 Å². The Hall–Kier alpha value is -2.28. The molecule has 0 heterocycles. The fourth-order valence-corrected chi connectivity index (χ4v) is 5.04. The Kier molecular flexibility index (Phi) is 9.85. The highest BCUT2D eigenvalue weighted by atomic mass is 79.9. The standard InChI is InChI=1S/C26H26BrClN2O2S/c1-29-26(32)24(15-19-7-3-2-4-8-19)30(16-20-9-5-11-22(27)13-20)25(31)18-33-17-21-10-6-12-23(28)14-21/h2-14,24H,15-18H2,1H3,(H,29,32)/t24-/m0/s1. The molecule has 0 radical (unpaired) electrons. The second-order valence-corrected chi connectivity index (χ2v) is 9.93. The predicted octanol–water partition coefficient (Wildman–Crippen LogP) is 5.72. The number of benzene rings is 3. The topological polar surface area (TPSA) is 49.4 Å². The first kappa shape index (κ1) is 25.3. The summed E-state index contributed by atoms with van der Waals surface area (Å²) >= 11 is 11.1. The van der Waals surface area contributed by atoms with Gasteiger partial charge in [0.15, 0.2) is 0 Å². The van der Waals surface area contributed by atoms with E-state index in [9.17, 15) is 9.59 Å². The van der Waals surface area contributed by atoms with E-state index in [0.717, 1.165) is 21.2 Å². The molecule has 0 aliphatic rings. The summed E-state index contributed by atoms with van der Waals surface area (Å²) < 4.78 is 0.933. The lowest BCUT2D eigenvalue weighted by Crippen LogP contribution is -2.50. The Labute approximate surface area is 212 Å². The van der Waals surface area contributed by atoms with E-state index in [1.54, 1.807) is 11.9 Å². The van der Waals surface area contributed by atoms with Crippen LogP contribution in [0, 0.1) is 0 Å². The average Bonchev–Trinajstić information content (AvgIpc) is 2.81. The molecule has 0 saturated carbocycles. The zero-order valence-corrected chi connectivity index (χ0v) is 21.5. The van der Waals surface area contributed by atoms with Crippen LogP contribution in [0.1, 0.15) is 16.7 Å². The molecule has 1 N–H and O–H groups in total. The summed E-state index contributed by atoms with van der Waals surface area (Å²) in [5.74, 6) is 0.678. The van der Waals surface area contributed by atoms with E-state index in [2.05, 4.69) is 21.2 Å². The molecular weight excluding hydrogens is 520 g/mol. The van der Waals surface area contributed by atoms with Crippen LogP contribution in [0.2, 0.25) is 5.02 Å². The molecule has 1 atom stereocenters. The molecule has 3 aromatic carbocycles. The van der Waals surface area contributed by atoms with Gasteiger partial charge in [0.05, 0.1) is 5.75 Å². The van der Waals surface area contributed by atoms with Crippen LogP contribution in [0.4, 0.5) is 0 Å². The lowest BCUT2D eigenvalue weighted by molar-refractivity contribution is -0.139. The van der Waals surface area contributed by atoms with Gasteiger partial charge in [0.2, 0.25) is 11.8 Å². The number of nitrogens with one attached hydrogen (secondary N) is 1. The van der Waals surface area contributed by atoms with E-state index in [4.69, 9.17) is 11.6 Å². The second-order valence-electron chi connectivity index (χ2n) is 7.59. The van der Waals surface area contributed by atoms with Crippen LogP contribution >= 0.6 is 39.3 Å². The number of nitrogens with zero attached hydrogens (tertiary/aromatic N) is 1. The highest BCUT2D eigenvalue weighted by Crippen LogP contribution is 2.21. The van der Waals surface area contributed by atoms with Crippen molar-refractivity contribution in [1.29, 1.82) is 0 Å². The summed E-state index contributed by atoms with van der Waals surface area (Å²) in [4.78, 5) is 28.0. The van der Waals surface area contributed by atoms with E-state index in [1.165, 1.54) is 11.8 Å². The summed E-state index contributed by atoms with van der Waals surface area (Å²) in [6, 6.07) is 24.6. The summed E-state index contributed by atoms with van der Waals surface area (Å²) in [5, 5.41) is 3.42. The maximum atomic E-state index is 13.4. The van der Waals surface area contributed by atoms with Crippen molar-refractivity contribution in [2.24, 2.45) is 0 Å². The molecule has 0 aliphatic heterocycles. The molecule has 0 spiro atoms. The molecular formula is C26H26BrClN2O2S. The first-order chi connectivity index (χ1) is 16.0. The average molecular weight is 546 g/mol. The minimum atomic E-state index is -0.615. The van der Waals surface area contributed by atoms with Crippen LogP contribution in [0.25, 0.3) is 0 Å². The van der Waals surface area contributed by atoms with Crippen molar-refractivity contribution in [3.8, 4) is 0 Å². The molecule has 0 aromatic heterocycles. The number of likely N-dealkylation sites (N-methyl/N-ethyl adjacent to an activating group) is 1. The van der Waals surface area contributed by atoms with E-state index in [-0.39, 0.29) is 17.6 Å². The van der Waals surface area contributed by atoms with E-state index in [1.807, 2.05) is 78.9 Å². The number of hydrogen-bond acceptors (Lipinski definition) is 3. The van der Waals surface area contributed by atoms with Gasteiger partial charge in [-0.25, -0.2) is 0 Å². The molecule has 0 aliphatic carbocycles. The molecule has 7 heteroatoms. The zero-order chi connectivity index (χ0) is 23.6. The van der Waals surface area contributed by atoms with E-state index >= 15 is 0 Å². The lowest BCUT2D eigenvalue weighted by atomic mass is 10.0. The molecule has 2 amide bonds. The smallest absolute Gasteiger partial charge is 0.242 e. The third-order valence-electron chi connectivity index (χ3n) is 5.14. The summed E-state index contributed by atoms with van der Waals surface area (Å²) in [6.07, 6.45) is 0.444. The Morgan fingerprint density at radius 2 is 1.67 bits per heavy atom. The molecule has 33 heavy (non-hydrogen) atoms. The minimum absolute atomic E-state index is 0.0773. The van der Waals surface area contributed by atoms with Crippen molar-refractivity contribution in [1.82, 2.24) is 10.2 Å². The first-order valence-corrected chi connectivity index (χ1v) is 12.9. The highest BCUT2D eigenvalue weighted by molar-refractivity contribution is 9.10. The van der Waals surface area contributed by atoms with E-state index < -0.39 is 6.04 Å². The first-order valence-electron chi connectivity index (χ1n) is 10.6. The third-order valence-corrected chi connectivity index (χ3v) is 6.86. The normalized spacial score (nSPS) is 11.6. The van der Waals surface area contributed by atoms with Crippen molar-refractivity contribution in [2.75, 3.05) is 12.8 Å². The van der Waals surface area contributed by atoms with E-state index in [0.29, 0.717) is 23.7 Å². The van der Waals surface area contributed by atoms with Gasteiger partial charge in [0.1, 0.15) is 6.04 Å². The minimum Gasteiger partial charge on any atom is -0.357 e. The molecule has 0 unspecified atom stereocenters. The Morgan fingerprint density at radius 3 is 2.36 bits per heavy atom. The zero-order valence-electron chi connectivity index (χ0n) is 18.3. The molecule has 0 bridgehead atoms. The van der Waals surface area contributed by atoms with Gasteiger partial charge >= 0.3 is 0 Å². The monoisotopic (exact) mass is 544 g/mol. The fraction of sp³-hybridized carbons (Fsp3) is 0.231. The van der Waals surface area contributed by atoms with Crippen molar-refractivity contribution in [3.05, 3.63) is 105 Å². The number of halogens is 2. The van der Waals surface area contributed by atoms with Crippen LogP contribution in [0.5, 0.6) is 0 Å². The molecule has 3 aromatic rings. The van der Waals surface area contributed by atoms with Gasteiger partial charge in [0, 0.05) is 35.3 Å². The Morgan fingerprint density at radius 1 is 0.970 bits per heavy atom. The van der Waals surface area contributed by atoms with Crippen LogP contribution in [-0.4, -0.2) is 35.6 Å². The SMILES string of the molecule is CNC(=O)[C@H](Cc1ccccc1)N(Cc1cccc(Br)c1)C(=O)CSCc1cccc(Cl)c1. The quantitative estimate of drug-likeness (QED) is 0.354. The Balaban J connectivity index is 1.81. The number of rotatable bonds is 10. The highest BCUT2D eigenvalue weighted by Gasteiger charge is 2.29. The predicted molar refractivity (Wildman–Crippen MR) is 140 cm³/mol. The largest absolute Gasteiger partial charge is 0.357 e. The summed E-state index contributed by atoms with van der Waals surface area (Å²) in [5.41, 5.74) is 3.02. The van der Waals surface area contributed by atoms with Gasteiger partial charge in [-0.05, 0) is 41.0 Å². The van der Waals surface area contributed by atoms with Gasteiger partial charge < -0.3 is 10.2 Å². The molecule has 172 valence electrons. The third kappa shape index (κ3) is 7.91. The van der Waals surface area contributed by atoms with Gasteiger partial charge in [-0.2, -0.15) is 0 Å². The van der Waals surface area contributed by atoms with Gasteiger partial charge in [0.25, 0.3) is 0 Å². The summed E-state index contributed by atoms with van der Waals surface area (Å²) in [7, 11) is 1.61. The number of amides is 2. The second kappa shape index (κ2) is 12.8. The van der Waals surface area contributed by atoms with Crippen molar-refractivity contribution in [2.45, 2.75) is 24.8 Å². The summed E-state index contributed by atoms with van der Waals surface area (Å²) in [6.45, 7) is 0.348. The molecule has 3 rings (SSSR count). The number of thioether (sulfide) groups is 1. The van der Waals surface area contributed by atoms with Crippen molar-refractivity contribution < 1.29 is 9.59 Å². The lowest BCUT2D eigenvalue weighted by Gasteiger charge is -2.31. The van der Waals surface area contributed by atoms with Crippen LogP contribution in [0.3, 0.4) is 0 Å². The van der Waals surface area contributed by atoms with Crippen LogP contribution in [0.15, 0.2) is 83.3 Å². The van der Waals surface area contributed by atoms with Gasteiger partial charge in [-0.15, -0.1) is 11.8 Å². The molecule has 0 saturated heterocycles. The fourth-order valence-electron chi connectivity index (χ4n) is 3.52. The number of carbonyl (C=O) groups excluding carboxylic acids is 2. The number of carbonyl (C=O) groups is 2. The maximum Gasteiger partial charge on any atom is 0.242 e. The van der Waals surface area contributed by atoms with Crippen molar-refractivity contribution >= 4 is 51.1 Å². The maximum absolute atomic E-state index is 13.4. The van der Waals surface area contributed by atoms with Crippen molar-refractivity contribution in [3.63, 3.8) is 0 Å².